The van der Waals surface area contributed by atoms with Gasteiger partial charge in [0.15, 0.2) is 11.5 Å². The van der Waals surface area contributed by atoms with E-state index in [4.69, 9.17) is 9.47 Å². The minimum absolute atomic E-state index is 0.201. The van der Waals surface area contributed by atoms with Gasteiger partial charge < -0.3 is 19.7 Å². The highest BCUT2D eigenvalue weighted by Crippen LogP contribution is 2.34. The fourth-order valence-corrected chi connectivity index (χ4v) is 4.24. The Labute approximate surface area is 192 Å². The number of hydrogen-bond donors (Lipinski definition) is 1. The summed E-state index contributed by atoms with van der Waals surface area (Å²) >= 11 is 0. The number of carbonyl (C=O) groups is 2. The van der Waals surface area contributed by atoms with E-state index in [-0.39, 0.29) is 17.8 Å². The molecule has 178 valence electrons. The number of benzene rings is 2. The van der Waals surface area contributed by atoms with E-state index in [0.717, 1.165) is 15.5 Å². The number of sulfonamides is 1. The van der Waals surface area contributed by atoms with E-state index in [1.807, 2.05) is 0 Å². The molecule has 33 heavy (non-hydrogen) atoms. The van der Waals surface area contributed by atoms with Crippen molar-refractivity contribution in [3.05, 3.63) is 53.8 Å². The number of fused-ring (bicyclic) bond motifs is 1. The fraction of sp³-hybridized carbons (Fsp3) is 0.364. The van der Waals surface area contributed by atoms with Crippen LogP contribution in [0, 0.1) is 5.82 Å². The summed E-state index contributed by atoms with van der Waals surface area (Å²) in [7, 11) is -2.47. The van der Waals surface area contributed by atoms with Crippen LogP contribution in [0.2, 0.25) is 0 Å². The summed E-state index contributed by atoms with van der Waals surface area (Å²) in [5, 5.41) is 2.46. The Hall–Kier alpha value is -3.34. The summed E-state index contributed by atoms with van der Waals surface area (Å²) in [5.74, 6) is -0.841. The molecule has 2 amide bonds. The number of carbonyl (C=O) groups excluding carboxylic acids is 2. The Kier molecular flexibility index (Phi) is 7.42. The summed E-state index contributed by atoms with van der Waals surface area (Å²) < 4.78 is 51.3. The second-order valence-corrected chi connectivity index (χ2v) is 9.41. The minimum Gasteiger partial charge on any atom is -0.486 e. The predicted octanol–water partition coefficient (Wildman–Crippen LogP) is 1.53. The number of ether oxygens (including phenoxy) is 2. The number of nitrogens with zero attached hydrogens (tertiary/aromatic N) is 2. The van der Waals surface area contributed by atoms with Crippen LogP contribution in [0.4, 0.5) is 10.1 Å². The van der Waals surface area contributed by atoms with Crippen molar-refractivity contribution in [2.45, 2.75) is 19.5 Å². The molecular formula is C22H26FN3O6S. The van der Waals surface area contributed by atoms with Gasteiger partial charge in [0.2, 0.25) is 21.8 Å². The van der Waals surface area contributed by atoms with Gasteiger partial charge in [-0.25, -0.2) is 12.8 Å². The van der Waals surface area contributed by atoms with Gasteiger partial charge in [0, 0.05) is 25.2 Å². The van der Waals surface area contributed by atoms with Crippen LogP contribution in [-0.2, 0) is 26.2 Å². The Morgan fingerprint density at radius 3 is 2.42 bits per heavy atom. The standard InChI is InChI=1S/C22H26FN3O6S/c1-15(22(28)24-2)25(13-16-6-4-5-7-18(16)23)21(27)14-26(33(3,29)30)17-8-9-19-20(12-17)32-11-10-31-19/h4-9,12,15H,10-11,13-14H2,1-3H3,(H,24,28)/t15-/m1/s1. The average molecular weight is 480 g/mol. The van der Waals surface area contributed by atoms with Crippen LogP contribution in [0.3, 0.4) is 0 Å². The van der Waals surface area contributed by atoms with Crippen LogP contribution < -0.4 is 19.1 Å². The first-order valence-electron chi connectivity index (χ1n) is 10.2. The van der Waals surface area contributed by atoms with E-state index in [0.29, 0.717) is 24.7 Å². The first-order valence-corrected chi connectivity index (χ1v) is 12.1. The molecule has 3 rings (SSSR count). The largest absolute Gasteiger partial charge is 0.486 e. The highest BCUT2D eigenvalue weighted by atomic mass is 32.2. The van der Waals surface area contributed by atoms with Crippen molar-refractivity contribution in [1.29, 1.82) is 0 Å². The zero-order valence-electron chi connectivity index (χ0n) is 18.6. The first-order chi connectivity index (χ1) is 15.6. The van der Waals surface area contributed by atoms with E-state index < -0.39 is 40.2 Å². The van der Waals surface area contributed by atoms with Crippen molar-refractivity contribution < 1.29 is 31.9 Å². The Morgan fingerprint density at radius 2 is 1.79 bits per heavy atom. The van der Waals surface area contributed by atoms with Gasteiger partial charge in [-0.3, -0.25) is 13.9 Å². The lowest BCUT2D eigenvalue weighted by Gasteiger charge is -2.31. The smallest absolute Gasteiger partial charge is 0.244 e. The third-order valence-corrected chi connectivity index (χ3v) is 6.35. The Balaban J connectivity index is 1.93. The number of rotatable bonds is 8. The molecule has 2 aromatic carbocycles. The molecule has 0 fully saturated rings. The Bertz CT molecular complexity index is 1140. The predicted molar refractivity (Wildman–Crippen MR) is 120 cm³/mol. The lowest BCUT2D eigenvalue weighted by atomic mass is 10.1. The average Bonchev–Trinajstić information content (AvgIpc) is 2.79. The number of nitrogens with one attached hydrogen (secondary N) is 1. The van der Waals surface area contributed by atoms with Gasteiger partial charge in [0.1, 0.15) is 31.6 Å². The van der Waals surface area contributed by atoms with Gasteiger partial charge >= 0.3 is 0 Å². The third-order valence-electron chi connectivity index (χ3n) is 5.21. The zero-order valence-corrected chi connectivity index (χ0v) is 19.4. The quantitative estimate of drug-likeness (QED) is 0.616. The molecule has 2 aromatic rings. The van der Waals surface area contributed by atoms with Crippen molar-refractivity contribution in [3.8, 4) is 11.5 Å². The molecule has 0 spiro atoms. The number of amides is 2. The maximum atomic E-state index is 14.3. The van der Waals surface area contributed by atoms with Crippen molar-refractivity contribution in [3.63, 3.8) is 0 Å². The van der Waals surface area contributed by atoms with Crippen molar-refractivity contribution in [1.82, 2.24) is 10.2 Å². The van der Waals surface area contributed by atoms with Crippen LogP contribution >= 0.6 is 0 Å². The third kappa shape index (κ3) is 5.72. The van der Waals surface area contributed by atoms with Crippen molar-refractivity contribution in [2.75, 3.05) is 37.4 Å². The van der Waals surface area contributed by atoms with Crippen LogP contribution in [0.25, 0.3) is 0 Å². The molecule has 1 atom stereocenters. The summed E-state index contributed by atoms with van der Waals surface area (Å²) in [6.45, 7) is 1.39. The molecule has 1 N–H and O–H groups in total. The molecule has 0 bridgehead atoms. The van der Waals surface area contributed by atoms with Gasteiger partial charge in [-0.15, -0.1) is 0 Å². The monoisotopic (exact) mass is 479 g/mol. The van der Waals surface area contributed by atoms with E-state index in [9.17, 15) is 22.4 Å². The van der Waals surface area contributed by atoms with E-state index in [1.54, 1.807) is 12.1 Å². The lowest BCUT2D eigenvalue weighted by molar-refractivity contribution is -0.139. The highest BCUT2D eigenvalue weighted by Gasteiger charge is 2.30. The molecule has 0 unspecified atom stereocenters. The lowest BCUT2D eigenvalue weighted by Crippen LogP contribution is -2.50. The minimum atomic E-state index is -3.89. The maximum absolute atomic E-state index is 14.3. The summed E-state index contributed by atoms with van der Waals surface area (Å²) in [6.07, 6.45) is 0.973. The first kappa shape index (κ1) is 24.3. The Morgan fingerprint density at radius 1 is 1.12 bits per heavy atom. The highest BCUT2D eigenvalue weighted by molar-refractivity contribution is 7.92. The van der Waals surface area contributed by atoms with Gasteiger partial charge in [0.05, 0.1) is 11.9 Å². The van der Waals surface area contributed by atoms with Crippen LogP contribution in [0.5, 0.6) is 11.5 Å². The van der Waals surface area contributed by atoms with Crippen molar-refractivity contribution in [2.24, 2.45) is 0 Å². The molecule has 0 saturated carbocycles. The summed E-state index contributed by atoms with van der Waals surface area (Å²) in [6, 6.07) is 9.46. The van der Waals surface area contributed by atoms with E-state index in [1.165, 1.54) is 44.3 Å². The van der Waals surface area contributed by atoms with Gasteiger partial charge in [-0.2, -0.15) is 0 Å². The second kappa shape index (κ2) is 10.1. The number of hydrogen-bond acceptors (Lipinski definition) is 6. The molecule has 0 saturated heterocycles. The van der Waals surface area contributed by atoms with Crippen molar-refractivity contribution >= 4 is 27.5 Å². The second-order valence-electron chi connectivity index (χ2n) is 7.50. The summed E-state index contributed by atoms with van der Waals surface area (Å²) in [5.41, 5.74) is 0.403. The zero-order chi connectivity index (χ0) is 24.2. The molecule has 0 aliphatic carbocycles. The molecule has 11 heteroatoms. The van der Waals surface area contributed by atoms with Crippen LogP contribution in [0.15, 0.2) is 42.5 Å². The molecular weight excluding hydrogens is 453 g/mol. The SMILES string of the molecule is CNC(=O)[C@@H](C)N(Cc1ccccc1F)C(=O)CN(c1ccc2c(c1)OCCO2)S(C)(=O)=O. The molecule has 9 nitrogen and oxygen atoms in total. The summed E-state index contributed by atoms with van der Waals surface area (Å²) in [4.78, 5) is 26.7. The molecule has 1 aliphatic heterocycles. The number of halogens is 1. The maximum Gasteiger partial charge on any atom is 0.244 e. The topological polar surface area (TPSA) is 105 Å². The molecule has 1 heterocycles. The molecule has 0 aromatic heterocycles. The van der Waals surface area contributed by atoms with E-state index in [2.05, 4.69) is 5.32 Å². The normalized spacial score (nSPS) is 13.7. The van der Waals surface area contributed by atoms with Crippen LogP contribution in [0.1, 0.15) is 12.5 Å². The molecule has 0 radical (unpaired) electrons. The fourth-order valence-electron chi connectivity index (χ4n) is 3.40. The van der Waals surface area contributed by atoms with Gasteiger partial charge in [-0.05, 0) is 25.1 Å². The van der Waals surface area contributed by atoms with Crippen LogP contribution in [-0.4, -0.2) is 64.2 Å². The number of anilines is 1. The van der Waals surface area contributed by atoms with E-state index >= 15 is 0 Å². The van der Waals surface area contributed by atoms with Gasteiger partial charge in [0.25, 0.3) is 0 Å². The molecule has 1 aliphatic rings. The van der Waals surface area contributed by atoms with Gasteiger partial charge in [-0.1, -0.05) is 18.2 Å². The number of likely N-dealkylation sites (N-methyl/N-ethyl adjacent to an activating group) is 1.